The smallest absolute Gasteiger partial charge is 0.335 e. The highest BCUT2D eigenvalue weighted by Gasteiger charge is 2.36. The second kappa shape index (κ2) is 8.39. The minimum absolute atomic E-state index is 0.149. The van der Waals surface area contributed by atoms with Crippen molar-refractivity contribution >= 4 is 17.7 Å². The molecule has 0 fully saturated rings. The van der Waals surface area contributed by atoms with E-state index in [-0.39, 0.29) is 11.6 Å². The van der Waals surface area contributed by atoms with Gasteiger partial charge in [-0.2, -0.15) is 0 Å². The Morgan fingerprint density at radius 1 is 1.16 bits per heavy atom. The highest BCUT2D eigenvalue weighted by molar-refractivity contribution is 5.92. The van der Waals surface area contributed by atoms with Crippen LogP contribution in [-0.2, 0) is 6.42 Å². The number of methoxy groups -OCH3 is 2. The summed E-state index contributed by atoms with van der Waals surface area (Å²) in [4.78, 5) is 33.6. The Morgan fingerprint density at radius 3 is 2.61 bits per heavy atom. The van der Waals surface area contributed by atoms with Crippen LogP contribution in [0.5, 0.6) is 11.5 Å². The van der Waals surface area contributed by atoms with Crippen LogP contribution in [0.3, 0.4) is 0 Å². The number of nitrogens with zero attached hydrogens (tertiary/aromatic N) is 2. The van der Waals surface area contributed by atoms with E-state index in [9.17, 15) is 9.59 Å². The number of rotatable bonds is 5. The van der Waals surface area contributed by atoms with Gasteiger partial charge >= 0.3 is 12.0 Å². The molecular formula is C22H22N4O5. The van der Waals surface area contributed by atoms with Crippen LogP contribution in [0.25, 0.3) is 0 Å². The molecule has 3 N–H and O–H groups in total. The summed E-state index contributed by atoms with van der Waals surface area (Å²) in [5.41, 5.74) is 3.11. The number of imidazole rings is 1. The number of H-pyrrole nitrogens is 1. The van der Waals surface area contributed by atoms with Crippen LogP contribution in [0.2, 0.25) is 0 Å². The van der Waals surface area contributed by atoms with Crippen LogP contribution < -0.4 is 14.8 Å². The van der Waals surface area contributed by atoms with E-state index in [1.165, 1.54) is 12.1 Å². The summed E-state index contributed by atoms with van der Waals surface area (Å²) in [6, 6.07) is 10.6. The molecule has 0 aliphatic carbocycles. The lowest BCUT2D eigenvalue weighted by molar-refractivity contribution is 0.0697. The Morgan fingerprint density at radius 2 is 1.94 bits per heavy atom. The molecule has 0 bridgehead atoms. The van der Waals surface area contributed by atoms with Crippen molar-refractivity contribution in [1.82, 2.24) is 14.9 Å². The molecule has 4 rings (SSSR count). The normalized spacial score (nSPS) is 15.2. The van der Waals surface area contributed by atoms with Gasteiger partial charge in [0.25, 0.3) is 0 Å². The fraction of sp³-hybridized carbons (Fsp3) is 0.227. The fourth-order valence-corrected chi connectivity index (χ4v) is 3.75. The molecule has 2 heterocycles. The van der Waals surface area contributed by atoms with Gasteiger partial charge in [0.15, 0.2) is 0 Å². The van der Waals surface area contributed by atoms with Crippen LogP contribution in [0, 0.1) is 0 Å². The molecule has 0 saturated heterocycles. The van der Waals surface area contributed by atoms with Crippen molar-refractivity contribution in [2.75, 3.05) is 26.1 Å². The summed E-state index contributed by atoms with van der Waals surface area (Å²) in [6.07, 6.45) is 2.25. The largest absolute Gasteiger partial charge is 0.497 e. The van der Waals surface area contributed by atoms with Crippen molar-refractivity contribution in [3.8, 4) is 11.5 Å². The molecule has 1 aliphatic rings. The van der Waals surface area contributed by atoms with Crippen molar-refractivity contribution < 1.29 is 24.2 Å². The van der Waals surface area contributed by atoms with Gasteiger partial charge in [0.05, 0.1) is 31.8 Å². The number of carbonyl (C=O) groups is 2. The standard InChI is InChI=1S/C22H22N4O5/c1-30-15-7-8-18(31-2)16(11-15)20-19-17(23-12-24-19)9-10-26(20)22(29)25-14-5-3-13(4-6-14)21(27)28/h3-8,11-12,20H,9-10H2,1-2H3,(H,23,24)(H,25,29)(H,27,28)/t20-/m0/s1. The van der Waals surface area contributed by atoms with Gasteiger partial charge in [0.1, 0.15) is 17.5 Å². The lowest BCUT2D eigenvalue weighted by Crippen LogP contribution is -2.43. The number of hydrogen-bond acceptors (Lipinski definition) is 5. The maximum Gasteiger partial charge on any atom is 0.335 e. The van der Waals surface area contributed by atoms with Crippen molar-refractivity contribution in [3.05, 3.63) is 71.3 Å². The van der Waals surface area contributed by atoms with Crippen LogP contribution in [-0.4, -0.2) is 52.7 Å². The molecule has 31 heavy (non-hydrogen) atoms. The zero-order valence-corrected chi connectivity index (χ0v) is 17.1. The number of carboxylic acids is 1. The first kappa shape index (κ1) is 20.3. The lowest BCUT2D eigenvalue weighted by atomic mass is 9.95. The zero-order chi connectivity index (χ0) is 22.0. The highest BCUT2D eigenvalue weighted by atomic mass is 16.5. The fourth-order valence-electron chi connectivity index (χ4n) is 3.75. The lowest BCUT2D eigenvalue weighted by Gasteiger charge is -2.35. The van der Waals surface area contributed by atoms with Crippen LogP contribution in [0.1, 0.15) is 33.4 Å². The molecule has 160 valence electrons. The van der Waals surface area contributed by atoms with E-state index in [1.807, 2.05) is 6.07 Å². The summed E-state index contributed by atoms with van der Waals surface area (Å²) in [6.45, 7) is 0.458. The molecule has 9 heteroatoms. The summed E-state index contributed by atoms with van der Waals surface area (Å²) in [7, 11) is 3.16. The first-order chi connectivity index (χ1) is 15.0. The van der Waals surface area contributed by atoms with Crippen molar-refractivity contribution in [2.45, 2.75) is 12.5 Å². The molecule has 2 aromatic carbocycles. The number of anilines is 1. The molecule has 9 nitrogen and oxygen atoms in total. The van der Waals surface area contributed by atoms with Gasteiger partial charge in [-0.25, -0.2) is 14.6 Å². The minimum Gasteiger partial charge on any atom is -0.497 e. The van der Waals surface area contributed by atoms with Gasteiger partial charge in [0, 0.05) is 29.9 Å². The zero-order valence-electron chi connectivity index (χ0n) is 17.1. The molecule has 3 aromatic rings. The summed E-state index contributed by atoms with van der Waals surface area (Å²) < 4.78 is 10.9. The average molecular weight is 422 g/mol. The average Bonchev–Trinajstić information content (AvgIpc) is 3.27. The molecule has 0 radical (unpaired) electrons. The van der Waals surface area contributed by atoms with E-state index in [1.54, 1.807) is 49.7 Å². The third-order valence-electron chi connectivity index (χ3n) is 5.30. The predicted molar refractivity (Wildman–Crippen MR) is 113 cm³/mol. The second-order valence-electron chi connectivity index (χ2n) is 7.03. The quantitative estimate of drug-likeness (QED) is 0.581. The van der Waals surface area contributed by atoms with E-state index in [4.69, 9.17) is 14.6 Å². The Hall–Kier alpha value is -4.01. The number of aromatic amines is 1. The van der Waals surface area contributed by atoms with E-state index >= 15 is 0 Å². The number of hydrogen-bond donors (Lipinski definition) is 3. The van der Waals surface area contributed by atoms with Crippen molar-refractivity contribution in [1.29, 1.82) is 0 Å². The van der Waals surface area contributed by atoms with Crippen LogP contribution in [0.4, 0.5) is 10.5 Å². The van der Waals surface area contributed by atoms with Gasteiger partial charge < -0.3 is 29.8 Å². The number of benzene rings is 2. The molecule has 1 aliphatic heterocycles. The Labute approximate surface area is 178 Å². The van der Waals surface area contributed by atoms with Crippen LogP contribution >= 0.6 is 0 Å². The van der Waals surface area contributed by atoms with Gasteiger partial charge in [-0.05, 0) is 42.5 Å². The van der Waals surface area contributed by atoms with Gasteiger partial charge in [-0.1, -0.05) is 0 Å². The summed E-state index contributed by atoms with van der Waals surface area (Å²) in [5, 5.41) is 11.9. The first-order valence-corrected chi connectivity index (χ1v) is 9.67. The van der Waals surface area contributed by atoms with Crippen molar-refractivity contribution in [2.24, 2.45) is 0 Å². The molecule has 0 spiro atoms. The van der Waals surface area contributed by atoms with E-state index in [0.717, 1.165) is 17.0 Å². The van der Waals surface area contributed by atoms with Crippen molar-refractivity contribution in [3.63, 3.8) is 0 Å². The molecular weight excluding hydrogens is 400 g/mol. The Kier molecular flexibility index (Phi) is 5.48. The number of nitrogens with one attached hydrogen (secondary N) is 2. The Balaban J connectivity index is 1.69. The molecule has 2 amide bonds. The number of carbonyl (C=O) groups excluding carboxylic acids is 1. The second-order valence-corrected chi connectivity index (χ2v) is 7.03. The number of urea groups is 1. The van der Waals surface area contributed by atoms with E-state index in [0.29, 0.717) is 30.2 Å². The SMILES string of the molecule is COc1ccc(OC)c([C@H]2c3nc[nH]c3CCN2C(=O)Nc2ccc(C(=O)O)cc2)c1. The number of aromatic carboxylic acids is 1. The maximum absolute atomic E-state index is 13.2. The first-order valence-electron chi connectivity index (χ1n) is 9.67. The van der Waals surface area contributed by atoms with Gasteiger partial charge in [-0.15, -0.1) is 0 Å². The molecule has 1 aromatic heterocycles. The van der Waals surface area contributed by atoms with Crippen LogP contribution in [0.15, 0.2) is 48.8 Å². The number of fused-ring (bicyclic) bond motifs is 1. The maximum atomic E-state index is 13.2. The number of amides is 2. The predicted octanol–water partition coefficient (Wildman–Crippen LogP) is 3.30. The van der Waals surface area contributed by atoms with E-state index in [2.05, 4.69) is 15.3 Å². The summed E-state index contributed by atoms with van der Waals surface area (Å²) in [5.74, 6) is 0.235. The van der Waals surface area contributed by atoms with E-state index < -0.39 is 12.0 Å². The van der Waals surface area contributed by atoms with Gasteiger partial charge in [-0.3, -0.25) is 0 Å². The third kappa shape index (κ3) is 3.89. The van der Waals surface area contributed by atoms with Gasteiger partial charge in [0.2, 0.25) is 0 Å². The summed E-state index contributed by atoms with van der Waals surface area (Å²) >= 11 is 0. The topological polar surface area (TPSA) is 117 Å². The number of ether oxygens (including phenoxy) is 2. The minimum atomic E-state index is -1.02. The molecule has 0 saturated carbocycles. The molecule has 1 atom stereocenters. The monoisotopic (exact) mass is 422 g/mol. The highest BCUT2D eigenvalue weighted by Crippen LogP contribution is 2.39. The molecule has 0 unspecified atom stereocenters. The number of aromatic nitrogens is 2. The Bertz CT molecular complexity index is 1110. The number of carboxylic acid groups (broad SMARTS) is 1. The third-order valence-corrected chi connectivity index (χ3v) is 5.30.